The Morgan fingerprint density at radius 1 is 1.20 bits per heavy atom. The van der Waals surface area contributed by atoms with Gasteiger partial charge in [0.25, 0.3) is 15.9 Å². The van der Waals surface area contributed by atoms with Gasteiger partial charge in [0.1, 0.15) is 5.03 Å². The van der Waals surface area contributed by atoms with Gasteiger partial charge in [0.2, 0.25) is 15.9 Å². The Balaban J connectivity index is 0.00000370. The summed E-state index contributed by atoms with van der Waals surface area (Å²) in [6.45, 7) is 2.41. The van der Waals surface area contributed by atoms with Crippen LogP contribution in [0.3, 0.4) is 0 Å². The van der Waals surface area contributed by atoms with Crippen molar-refractivity contribution in [2.45, 2.75) is 43.4 Å². The van der Waals surface area contributed by atoms with Crippen LogP contribution in [0.15, 0.2) is 29.3 Å². The average molecular weight is 652 g/mol. The lowest BCUT2D eigenvalue weighted by Crippen LogP contribution is -2.57. The molecule has 5 rings (SSSR count). The SMILES string of the molecule is CC1Cc2nc(C(=O)N3CCN(S(=O)(=O)c4cc5cc(Cl)ccc5[nH]4)CC3CC(=O)NS(C)(=O)=O)sc2CN1.Cl. The Hall–Kier alpha value is -2.27. The summed E-state index contributed by atoms with van der Waals surface area (Å²) in [7, 11) is -7.88. The predicted octanol–water partition coefficient (Wildman–Crippen LogP) is 1.72. The zero-order chi connectivity index (χ0) is 28.1. The molecule has 12 nitrogen and oxygen atoms in total. The van der Waals surface area contributed by atoms with Crippen LogP contribution < -0.4 is 10.0 Å². The van der Waals surface area contributed by atoms with Crippen molar-refractivity contribution in [2.24, 2.45) is 0 Å². The maximum Gasteiger partial charge on any atom is 0.283 e. The number of nitrogens with one attached hydrogen (secondary N) is 3. The molecular weight excluding hydrogens is 623 g/mol. The van der Waals surface area contributed by atoms with Crippen molar-refractivity contribution < 1.29 is 26.4 Å². The Labute approximate surface area is 247 Å². The lowest BCUT2D eigenvalue weighted by Gasteiger charge is -2.40. The standard InChI is InChI=1S/C23H27ClN6O6S3.ClH/c1-13-7-18-19(11-25-13)37-22(27-18)23(32)30-6-5-29(12-16(30)10-20(31)28-38(2,33)34)39(35,36)21-9-14-8-15(24)3-4-17(14)26-21;/h3-4,8-9,13,16,25-26H,5-7,10-12H2,1-2H3,(H,28,31);1H. The van der Waals surface area contributed by atoms with E-state index in [4.69, 9.17) is 11.6 Å². The topological polar surface area (TPSA) is 162 Å². The number of aromatic amines is 1. The molecule has 40 heavy (non-hydrogen) atoms. The number of rotatable bonds is 6. The van der Waals surface area contributed by atoms with Gasteiger partial charge in [0.05, 0.1) is 18.0 Å². The molecule has 3 N–H and O–H groups in total. The minimum atomic E-state index is -4.04. The monoisotopic (exact) mass is 650 g/mol. The minimum Gasteiger partial charge on any atom is -0.345 e. The van der Waals surface area contributed by atoms with E-state index in [-0.39, 0.29) is 48.1 Å². The maximum atomic E-state index is 13.6. The molecule has 2 aliphatic rings. The number of carbonyl (C=O) groups excluding carboxylic acids is 2. The number of H-pyrrole nitrogens is 1. The second-order valence-corrected chi connectivity index (χ2v) is 14.9. The third-order valence-corrected chi connectivity index (χ3v) is 10.4. The van der Waals surface area contributed by atoms with Gasteiger partial charge in [-0.3, -0.25) is 14.3 Å². The number of hydrogen-bond acceptors (Lipinski definition) is 9. The van der Waals surface area contributed by atoms with Crippen molar-refractivity contribution >= 4 is 78.1 Å². The average Bonchev–Trinajstić information content (AvgIpc) is 3.46. The molecule has 1 aromatic carbocycles. The van der Waals surface area contributed by atoms with Gasteiger partial charge in [0.15, 0.2) is 5.01 Å². The fourth-order valence-corrected chi connectivity index (χ4v) is 7.99. The molecule has 3 aromatic rings. The van der Waals surface area contributed by atoms with E-state index in [0.717, 1.165) is 16.8 Å². The highest BCUT2D eigenvalue weighted by molar-refractivity contribution is 7.89. The van der Waals surface area contributed by atoms with E-state index in [1.165, 1.54) is 26.6 Å². The number of aromatic nitrogens is 2. The van der Waals surface area contributed by atoms with E-state index >= 15 is 0 Å². The first-order valence-corrected chi connectivity index (χ1v) is 16.6. The zero-order valence-corrected chi connectivity index (χ0v) is 25.5. The fourth-order valence-electron chi connectivity index (χ4n) is 4.83. The summed E-state index contributed by atoms with van der Waals surface area (Å²) in [6.07, 6.45) is 1.13. The third-order valence-electron chi connectivity index (χ3n) is 6.67. The van der Waals surface area contributed by atoms with E-state index in [1.54, 1.807) is 18.2 Å². The molecule has 0 saturated carbocycles. The molecule has 0 spiro atoms. The van der Waals surface area contributed by atoms with Crippen LogP contribution in [0.4, 0.5) is 0 Å². The lowest BCUT2D eigenvalue weighted by atomic mass is 10.1. The summed E-state index contributed by atoms with van der Waals surface area (Å²) in [5.74, 6) is -1.26. The summed E-state index contributed by atoms with van der Waals surface area (Å²) in [4.78, 5) is 35.9. The summed E-state index contributed by atoms with van der Waals surface area (Å²) < 4.78 is 53.5. The zero-order valence-electron chi connectivity index (χ0n) is 21.5. The molecule has 4 heterocycles. The van der Waals surface area contributed by atoms with Crippen molar-refractivity contribution in [2.75, 3.05) is 25.9 Å². The van der Waals surface area contributed by atoms with E-state index in [9.17, 15) is 26.4 Å². The first-order chi connectivity index (χ1) is 18.3. The van der Waals surface area contributed by atoms with E-state index < -0.39 is 44.3 Å². The molecule has 2 aromatic heterocycles. The summed E-state index contributed by atoms with van der Waals surface area (Å²) in [6, 6.07) is 5.75. The van der Waals surface area contributed by atoms with Crippen LogP contribution in [-0.4, -0.2) is 85.8 Å². The van der Waals surface area contributed by atoms with Gasteiger partial charge in [-0.2, -0.15) is 4.31 Å². The molecule has 1 saturated heterocycles. The first kappa shape index (κ1) is 30.7. The Bertz CT molecular complexity index is 1670. The highest BCUT2D eigenvalue weighted by Gasteiger charge is 2.39. The number of benzene rings is 1. The molecular formula is C23H28Cl2N6O6S3. The van der Waals surface area contributed by atoms with Crippen molar-refractivity contribution in [3.8, 4) is 0 Å². The molecule has 218 valence electrons. The first-order valence-electron chi connectivity index (χ1n) is 12.1. The second kappa shape index (κ2) is 11.5. The minimum absolute atomic E-state index is 0. The van der Waals surface area contributed by atoms with Crippen molar-refractivity contribution in [3.63, 3.8) is 0 Å². The number of sulfonamides is 2. The summed E-state index contributed by atoms with van der Waals surface area (Å²) in [5.41, 5.74) is 1.44. The normalized spacial score (nSPS) is 20.1. The van der Waals surface area contributed by atoms with Crippen LogP contribution in [0.5, 0.6) is 0 Å². The molecule has 17 heteroatoms. The molecule has 2 unspecified atom stereocenters. The number of thiazole rings is 1. The highest BCUT2D eigenvalue weighted by atomic mass is 35.5. The third kappa shape index (κ3) is 6.45. The largest absolute Gasteiger partial charge is 0.345 e. The van der Waals surface area contributed by atoms with Gasteiger partial charge in [-0.25, -0.2) is 21.8 Å². The van der Waals surface area contributed by atoms with Crippen LogP contribution in [0.25, 0.3) is 10.9 Å². The number of amides is 2. The van der Waals surface area contributed by atoms with Crippen LogP contribution in [0.2, 0.25) is 5.02 Å². The smallest absolute Gasteiger partial charge is 0.283 e. The molecule has 0 aliphatic carbocycles. The number of halogens is 2. The van der Waals surface area contributed by atoms with E-state index in [0.29, 0.717) is 28.9 Å². The van der Waals surface area contributed by atoms with Gasteiger partial charge >= 0.3 is 0 Å². The Morgan fingerprint density at radius 2 is 1.95 bits per heavy atom. The molecule has 2 atom stereocenters. The predicted molar refractivity (Wildman–Crippen MR) is 154 cm³/mol. The number of nitrogens with zero attached hydrogens (tertiary/aromatic N) is 3. The van der Waals surface area contributed by atoms with Gasteiger partial charge in [-0.15, -0.1) is 23.7 Å². The highest BCUT2D eigenvalue weighted by Crippen LogP contribution is 2.29. The van der Waals surface area contributed by atoms with E-state index in [1.807, 2.05) is 11.6 Å². The van der Waals surface area contributed by atoms with Crippen molar-refractivity contribution in [1.29, 1.82) is 0 Å². The molecule has 1 fully saturated rings. The van der Waals surface area contributed by atoms with Gasteiger partial charge < -0.3 is 15.2 Å². The van der Waals surface area contributed by atoms with Crippen molar-refractivity contribution in [1.82, 2.24) is 29.2 Å². The molecule has 0 bridgehead atoms. The van der Waals surface area contributed by atoms with Crippen LogP contribution in [0.1, 0.15) is 33.7 Å². The fraction of sp³-hybridized carbons (Fsp3) is 0.435. The second-order valence-electron chi connectivity index (χ2n) is 9.76. The Kier molecular flexibility index (Phi) is 8.86. The van der Waals surface area contributed by atoms with E-state index in [2.05, 4.69) is 15.3 Å². The maximum absolute atomic E-state index is 13.6. The number of fused-ring (bicyclic) bond motifs is 2. The summed E-state index contributed by atoms with van der Waals surface area (Å²) >= 11 is 7.31. The van der Waals surface area contributed by atoms with Crippen LogP contribution in [0, 0.1) is 0 Å². The molecule has 2 aliphatic heterocycles. The molecule has 2 amide bonds. The van der Waals surface area contributed by atoms with Gasteiger partial charge in [0, 0.05) is 65.9 Å². The van der Waals surface area contributed by atoms with Crippen LogP contribution in [-0.2, 0) is 37.8 Å². The lowest BCUT2D eigenvalue weighted by molar-refractivity contribution is -0.120. The number of piperazine rings is 1. The van der Waals surface area contributed by atoms with Crippen molar-refractivity contribution in [3.05, 3.63) is 44.9 Å². The number of carbonyl (C=O) groups is 2. The number of hydrogen-bond donors (Lipinski definition) is 3. The quantitative estimate of drug-likeness (QED) is 0.363. The molecule has 0 radical (unpaired) electrons. The van der Waals surface area contributed by atoms with Gasteiger partial charge in [-0.05, 0) is 31.2 Å². The summed E-state index contributed by atoms with van der Waals surface area (Å²) in [5, 5.41) is 4.62. The Morgan fingerprint density at radius 3 is 2.67 bits per heavy atom. The van der Waals surface area contributed by atoms with Crippen LogP contribution >= 0.6 is 35.3 Å². The van der Waals surface area contributed by atoms with Gasteiger partial charge in [-0.1, -0.05) is 11.6 Å².